The van der Waals surface area contributed by atoms with Crippen molar-refractivity contribution in [3.63, 3.8) is 0 Å². The number of carbonyl (C=O) groups is 1. The van der Waals surface area contributed by atoms with E-state index in [1.165, 1.54) is 13.0 Å². The summed E-state index contributed by atoms with van der Waals surface area (Å²) in [7, 11) is -3.67. The fourth-order valence-electron chi connectivity index (χ4n) is 1.19. The lowest BCUT2D eigenvalue weighted by atomic mass is 10.4. The minimum absolute atomic E-state index is 0.0475. The Morgan fingerprint density at radius 1 is 1.37 bits per heavy atom. The molecule has 1 aromatic heterocycles. The highest BCUT2D eigenvalue weighted by Crippen LogP contribution is 2.21. The summed E-state index contributed by atoms with van der Waals surface area (Å²) >= 11 is 11.3. The Morgan fingerprint density at radius 3 is 2.63 bits per heavy atom. The van der Waals surface area contributed by atoms with Gasteiger partial charge in [0.15, 0.2) is 0 Å². The highest BCUT2D eigenvalue weighted by atomic mass is 35.5. The molecule has 0 aliphatic carbocycles. The first-order valence-corrected chi connectivity index (χ1v) is 7.62. The molecule has 19 heavy (non-hydrogen) atoms. The third-order valence-corrected chi connectivity index (χ3v) is 4.22. The normalized spacial score (nSPS) is 11.3. The Labute approximate surface area is 121 Å². The summed E-state index contributed by atoms with van der Waals surface area (Å²) in [5, 5.41) is 2.68. The van der Waals surface area contributed by atoms with Gasteiger partial charge in [0.2, 0.25) is 15.9 Å². The van der Waals surface area contributed by atoms with E-state index in [1.807, 2.05) is 0 Å². The van der Waals surface area contributed by atoms with Crippen LogP contribution in [0.5, 0.6) is 0 Å². The van der Waals surface area contributed by atoms with Crippen molar-refractivity contribution in [2.24, 2.45) is 0 Å². The number of nitrogens with zero attached hydrogens (tertiary/aromatic N) is 1. The Morgan fingerprint density at radius 2 is 2.05 bits per heavy atom. The van der Waals surface area contributed by atoms with Gasteiger partial charge in [-0.05, 0) is 12.5 Å². The summed E-state index contributed by atoms with van der Waals surface area (Å²) in [6.45, 7) is 1.99. The van der Waals surface area contributed by atoms with E-state index >= 15 is 0 Å². The van der Waals surface area contributed by atoms with Crippen molar-refractivity contribution in [1.82, 2.24) is 15.0 Å². The molecule has 106 valence electrons. The monoisotopic (exact) mass is 325 g/mol. The van der Waals surface area contributed by atoms with Gasteiger partial charge in [-0.25, -0.2) is 18.1 Å². The zero-order chi connectivity index (χ0) is 14.5. The number of carbonyl (C=O) groups excluding carboxylic acids is 1. The number of hydrogen-bond donors (Lipinski definition) is 2. The topological polar surface area (TPSA) is 88.2 Å². The van der Waals surface area contributed by atoms with E-state index in [1.54, 1.807) is 0 Å². The summed E-state index contributed by atoms with van der Waals surface area (Å²) in [6, 6.07) is 1.23. The molecule has 0 saturated carbocycles. The molecule has 0 aromatic carbocycles. The van der Waals surface area contributed by atoms with Gasteiger partial charge in [0, 0.05) is 26.2 Å². The van der Waals surface area contributed by atoms with Crippen molar-refractivity contribution < 1.29 is 13.2 Å². The number of hydrogen-bond acceptors (Lipinski definition) is 4. The number of rotatable bonds is 6. The molecule has 0 bridgehead atoms. The van der Waals surface area contributed by atoms with Crippen LogP contribution in [0.15, 0.2) is 17.2 Å². The summed E-state index contributed by atoms with van der Waals surface area (Å²) in [5.74, 6) is -0.156. The first kappa shape index (κ1) is 16.2. The number of amides is 1. The van der Waals surface area contributed by atoms with Crippen molar-refractivity contribution in [3.05, 3.63) is 22.4 Å². The van der Waals surface area contributed by atoms with Gasteiger partial charge >= 0.3 is 0 Å². The summed E-state index contributed by atoms with van der Waals surface area (Å²) in [6.07, 6.45) is 1.61. The second kappa shape index (κ2) is 7.04. The third-order valence-electron chi connectivity index (χ3n) is 2.10. The van der Waals surface area contributed by atoms with Crippen LogP contribution in [0.3, 0.4) is 0 Å². The molecule has 6 nitrogen and oxygen atoms in total. The molecule has 1 rings (SSSR count). The number of sulfonamides is 1. The van der Waals surface area contributed by atoms with Gasteiger partial charge in [0.25, 0.3) is 0 Å². The lowest BCUT2D eigenvalue weighted by Gasteiger charge is -2.07. The van der Waals surface area contributed by atoms with Gasteiger partial charge in [-0.1, -0.05) is 23.2 Å². The molecule has 1 amide bonds. The maximum absolute atomic E-state index is 11.9. The highest BCUT2D eigenvalue weighted by Gasteiger charge is 2.15. The van der Waals surface area contributed by atoms with E-state index in [9.17, 15) is 13.2 Å². The second-order valence-corrected chi connectivity index (χ2v) is 6.21. The Hall–Kier alpha value is -0.890. The minimum Gasteiger partial charge on any atom is -0.356 e. The molecule has 0 aliphatic heterocycles. The fraction of sp³-hybridized carbons (Fsp3) is 0.400. The van der Waals surface area contributed by atoms with Crippen LogP contribution >= 0.6 is 23.2 Å². The zero-order valence-electron chi connectivity index (χ0n) is 10.1. The van der Waals surface area contributed by atoms with Crippen LogP contribution in [-0.2, 0) is 14.8 Å². The quantitative estimate of drug-likeness (QED) is 0.607. The number of halogens is 2. The SMILES string of the molecule is CC(=O)NCCCNS(=O)(=O)c1cnc(Cl)c(Cl)c1. The first-order valence-electron chi connectivity index (χ1n) is 5.38. The first-order chi connectivity index (χ1) is 8.83. The molecule has 0 saturated heterocycles. The number of aromatic nitrogens is 1. The summed E-state index contributed by atoms with van der Waals surface area (Å²) in [5.41, 5.74) is 0. The van der Waals surface area contributed by atoms with Gasteiger partial charge in [0.1, 0.15) is 10.0 Å². The third kappa shape index (κ3) is 5.32. The van der Waals surface area contributed by atoms with E-state index < -0.39 is 10.0 Å². The number of pyridine rings is 1. The lowest BCUT2D eigenvalue weighted by Crippen LogP contribution is -2.29. The predicted octanol–water partition coefficient (Wildman–Crippen LogP) is 1.19. The lowest BCUT2D eigenvalue weighted by molar-refractivity contribution is -0.118. The molecule has 1 heterocycles. The van der Waals surface area contributed by atoms with Gasteiger partial charge < -0.3 is 5.32 Å². The Kier molecular flexibility index (Phi) is 5.99. The van der Waals surface area contributed by atoms with E-state index in [2.05, 4.69) is 15.0 Å². The second-order valence-electron chi connectivity index (χ2n) is 3.68. The van der Waals surface area contributed by atoms with Gasteiger partial charge in [-0.15, -0.1) is 0 Å². The van der Waals surface area contributed by atoms with Crippen molar-refractivity contribution in [1.29, 1.82) is 0 Å². The van der Waals surface area contributed by atoms with Crippen LogP contribution in [0.1, 0.15) is 13.3 Å². The maximum Gasteiger partial charge on any atom is 0.242 e. The molecule has 1 aromatic rings. The molecule has 0 atom stereocenters. The summed E-state index contributed by atoms with van der Waals surface area (Å²) < 4.78 is 26.1. The van der Waals surface area contributed by atoms with Gasteiger partial charge in [0.05, 0.1) is 5.02 Å². The van der Waals surface area contributed by atoms with E-state index in [0.717, 1.165) is 6.20 Å². The van der Waals surface area contributed by atoms with E-state index in [0.29, 0.717) is 13.0 Å². The maximum atomic E-state index is 11.9. The standard InChI is InChI=1S/C10H13Cl2N3O3S/c1-7(16)13-3-2-4-15-19(17,18)8-5-9(11)10(12)14-6-8/h5-6,15H,2-4H2,1H3,(H,13,16). The van der Waals surface area contributed by atoms with E-state index in [-0.39, 0.29) is 27.5 Å². The van der Waals surface area contributed by atoms with Crippen molar-refractivity contribution in [2.45, 2.75) is 18.2 Å². The van der Waals surface area contributed by atoms with Crippen LogP contribution < -0.4 is 10.0 Å². The minimum atomic E-state index is -3.67. The molecule has 0 radical (unpaired) electrons. The van der Waals surface area contributed by atoms with Gasteiger partial charge in [-0.2, -0.15) is 0 Å². The van der Waals surface area contributed by atoms with Crippen LogP contribution in [0.4, 0.5) is 0 Å². The molecule has 0 unspecified atom stereocenters. The van der Waals surface area contributed by atoms with Crippen molar-refractivity contribution in [2.75, 3.05) is 13.1 Å². The molecular formula is C10H13Cl2N3O3S. The molecule has 0 spiro atoms. The Balaban J connectivity index is 2.56. The van der Waals surface area contributed by atoms with Crippen molar-refractivity contribution in [3.8, 4) is 0 Å². The zero-order valence-corrected chi connectivity index (χ0v) is 12.4. The van der Waals surface area contributed by atoms with Crippen LogP contribution in [0.2, 0.25) is 10.2 Å². The summed E-state index contributed by atoms with van der Waals surface area (Å²) in [4.78, 5) is 14.2. The van der Waals surface area contributed by atoms with Crippen LogP contribution in [-0.4, -0.2) is 32.4 Å². The van der Waals surface area contributed by atoms with Crippen LogP contribution in [0.25, 0.3) is 0 Å². The molecule has 0 fully saturated rings. The predicted molar refractivity (Wildman–Crippen MR) is 72.7 cm³/mol. The molecular weight excluding hydrogens is 313 g/mol. The van der Waals surface area contributed by atoms with Gasteiger partial charge in [-0.3, -0.25) is 4.79 Å². The average Bonchev–Trinajstić information content (AvgIpc) is 2.31. The highest BCUT2D eigenvalue weighted by molar-refractivity contribution is 7.89. The van der Waals surface area contributed by atoms with E-state index in [4.69, 9.17) is 23.2 Å². The smallest absolute Gasteiger partial charge is 0.242 e. The van der Waals surface area contributed by atoms with Crippen molar-refractivity contribution >= 4 is 39.1 Å². The molecule has 9 heteroatoms. The Bertz CT molecular complexity index is 563. The average molecular weight is 326 g/mol. The largest absolute Gasteiger partial charge is 0.356 e. The molecule has 0 aliphatic rings. The fourth-order valence-corrected chi connectivity index (χ4v) is 2.57. The molecule has 2 N–H and O–H groups in total. The van der Waals surface area contributed by atoms with Crippen LogP contribution in [0, 0.1) is 0 Å². The number of nitrogens with one attached hydrogen (secondary N) is 2.